The number of hydrogen-bond acceptors (Lipinski definition) is 3. The second kappa shape index (κ2) is 6.23. The topological polar surface area (TPSA) is 66.6 Å². The quantitative estimate of drug-likeness (QED) is 0.645. The number of rotatable bonds is 2. The summed E-state index contributed by atoms with van der Waals surface area (Å²) in [7, 11) is 0. The zero-order valence-corrected chi connectivity index (χ0v) is 11.6. The fourth-order valence-corrected chi connectivity index (χ4v) is 2.18. The Labute approximate surface area is 118 Å². The minimum atomic E-state index is -0.0318. The van der Waals surface area contributed by atoms with Gasteiger partial charge in [-0.1, -0.05) is 12.1 Å². The van der Waals surface area contributed by atoms with Crippen LogP contribution in [-0.2, 0) is 9.59 Å². The molecule has 1 aliphatic rings. The van der Waals surface area contributed by atoms with Gasteiger partial charge in [0.15, 0.2) is 0 Å². The average Bonchev–Trinajstić information content (AvgIpc) is 2.45. The Kier molecular flexibility index (Phi) is 4.40. The van der Waals surface area contributed by atoms with Gasteiger partial charge in [0.2, 0.25) is 11.8 Å². The van der Waals surface area contributed by atoms with E-state index in [1.807, 2.05) is 18.2 Å². The lowest BCUT2D eigenvalue weighted by Gasteiger charge is -2.33. The second-order valence-electron chi connectivity index (χ2n) is 4.83. The first-order valence-corrected chi connectivity index (χ1v) is 6.64. The van der Waals surface area contributed by atoms with Crippen LogP contribution in [0.25, 0.3) is 6.08 Å². The molecular weight excluding hydrogens is 254 g/mol. The van der Waals surface area contributed by atoms with E-state index in [9.17, 15) is 9.59 Å². The highest BCUT2D eigenvalue weighted by Crippen LogP contribution is 2.09. The van der Waals surface area contributed by atoms with Crippen molar-refractivity contribution in [3.05, 3.63) is 35.9 Å². The lowest BCUT2D eigenvalue weighted by Crippen LogP contribution is -2.49. The van der Waals surface area contributed by atoms with Crippen LogP contribution in [0, 0.1) is 0 Å². The van der Waals surface area contributed by atoms with E-state index >= 15 is 0 Å². The Bertz CT molecular complexity index is 532. The fraction of sp³-hybridized carbons (Fsp3) is 0.333. The Balaban J connectivity index is 1.91. The third-order valence-corrected chi connectivity index (χ3v) is 3.37. The Hall–Kier alpha value is -2.30. The Morgan fingerprint density at radius 1 is 1.15 bits per heavy atom. The van der Waals surface area contributed by atoms with Gasteiger partial charge in [0.1, 0.15) is 0 Å². The molecule has 0 radical (unpaired) electrons. The Morgan fingerprint density at radius 2 is 1.80 bits per heavy atom. The fourth-order valence-electron chi connectivity index (χ4n) is 2.18. The smallest absolute Gasteiger partial charge is 0.246 e. The molecule has 0 unspecified atom stereocenters. The summed E-state index contributed by atoms with van der Waals surface area (Å²) in [5.41, 5.74) is 7.26. The van der Waals surface area contributed by atoms with Crippen molar-refractivity contribution in [1.82, 2.24) is 9.80 Å². The zero-order valence-electron chi connectivity index (χ0n) is 11.6. The van der Waals surface area contributed by atoms with Gasteiger partial charge in [-0.3, -0.25) is 9.59 Å². The van der Waals surface area contributed by atoms with Crippen molar-refractivity contribution in [2.24, 2.45) is 0 Å². The van der Waals surface area contributed by atoms with E-state index in [0.717, 1.165) is 5.56 Å². The largest absolute Gasteiger partial charge is 0.399 e. The molecule has 0 bridgehead atoms. The molecule has 1 aromatic rings. The van der Waals surface area contributed by atoms with Crippen molar-refractivity contribution in [2.45, 2.75) is 6.92 Å². The maximum absolute atomic E-state index is 12.0. The van der Waals surface area contributed by atoms with E-state index in [1.165, 1.54) is 0 Å². The van der Waals surface area contributed by atoms with Gasteiger partial charge >= 0.3 is 0 Å². The summed E-state index contributed by atoms with van der Waals surface area (Å²) in [6, 6.07) is 7.37. The molecule has 1 heterocycles. The van der Waals surface area contributed by atoms with E-state index in [2.05, 4.69) is 0 Å². The van der Waals surface area contributed by atoms with Gasteiger partial charge in [0.05, 0.1) is 0 Å². The van der Waals surface area contributed by atoms with Crippen LogP contribution in [0.5, 0.6) is 0 Å². The molecule has 1 fully saturated rings. The van der Waals surface area contributed by atoms with Crippen LogP contribution < -0.4 is 5.73 Å². The highest BCUT2D eigenvalue weighted by atomic mass is 16.2. The summed E-state index contributed by atoms with van der Waals surface area (Å²) in [6.45, 7) is 3.93. The number of nitrogens with two attached hydrogens (primary N) is 1. The molecule has 2 amide bonds. The van der Waals surface area contributed by atoms with Gasteiger partial charge in [-0.05, 0) is 23.8 Å². The van der Waals surface area contributed by atoms with Crippen molar-refractivity contribution in [2.75, 3.05) is 31.9 Å². The SMILES string of the molecule is CC(=O)N1CCN(C(=O)/C=C/c2cccc(N)c2)CC1. The number of amides is 2. The van der Waals surface area contributed by atoms with E-state index in [1.54, 1.807) is 34.9 Å². The number of anilines is 1. The molecule has 106 valence electrons. The van der Waals surface area contributed by atoms with Crippen LogP contribution in [-0.4, -0.2) is 47.8 Å². The van der Waals surface area contributed by atoms with Crippen LogP contribution in [0.4, 0.5) is 5.69 Å². The molecule has 0 spiro atoms. The first-order valence-electron chi connectivity index (χ1n) is 6.64. The lowest BCUT2D eigenvalue weighted by molar-refractivity contribution is -0.135. The maximum Gasteiger partial charge on any atom is 0.246 e. The average molecular weight is 273 g/mol. The number of carbonyl (C=O) groups is 2. The van der Waals surface area contributed by atoms with Crippen molar-refractivity contribution in [3.8, 4) is 0 Å². The lowest BCUT2D eigenvalue weighted by atomic mass is 10.2. The number of benzene rings is 1. The molecule has 20 heavy (non-hydrogen) atoms. The standard InChI is InChI=1S/C15H19N3O2/c1-12(19)17-7-9-18(10-8-17)15(20)6-5-13-3-2-4-14(16)11-13/h2-6,11H,7-10,16H2,1H3/b6-5+. The zero-order chi connectivity index (χ0) is 14.5. The molecule has 1 aromatic carbocycles. The summed E-state index contributed by atoms with van der Waals surface area (Å²) in [6.07, 6.45) is 3.31. The van der Waals surface area contributed by atoms with Gasteiger partial charge in [0, 0.05) is 44.9 Å². The summed E-state index contributed by atoms with van der Waals surface area (Å²) in [5, 5.41) is 0. The van der Waals surface area contributed by atoms with E-state index in [4.69, 9.17) is 5.73 Å². The van der Waals surface area contributed by atoms with Gasteiger partial charge in [-0.25, -0.2) is 0 Å². The van der Waals surface area contributed by atoms with Crippen LogP contribution in [0.15, 0.2) is 30.3 Å². The first-order chi connectivity index (χ1) is 9.56. The summed E-state index contributed by atoms with van der Waals surface area (Å²) < 4.78 is 0. The molecular formula is C15H19N3O2. The van der Waals surface area contributed by atoms with Crippen LogP contribution in [0.3, 0.4) is 0 Å². The molecule has 2 rings (SSSR count). The van der Waals surface area contributed by atoms with E-state index in [0.29, 0.717) is 31.9 Å². The Morgan fingerprint density at radius 3 is 2.40 bits per heavy atom. The maximum atomic E-state index is 12.0. The predicted octanol–water partition coefficient (Wildman–Crippen LogP) is 0.973. The molecule has 0 saturated carbocycles. The first kappa shape index (κ1) is 14.1. The monoisotopic (exact) mass is 273 g/mol. The molecule has 5 nitrogen and oxygen atoms in total. The minimum absolute atomic E-state index is 0.0318. The molecule has 2 N–H and O–H groups in total. The van der Waals surface area contributed by atoms with Gasteiger partial charge in [-0.15, -0.1) is 0 Å². The van der Waals surface area contributed by atoms with Crippen molar-refractivity contribution in [1.29, 1.82) is 0 Å². The van der Waals surface area contributed by atoms with E-state index < -0.39 is 0 Å². The molecule has 0 aliphatic carbocycles. The van der Waals surface area contributed by atoms with Gasteiger partial charge in [-0.2, -0.15) is 0 Å². The highest BCUT2D eigenvalue weighted by molar-refractivity contribution is 5.92. The molecule has 1 saturated heterocycles. The summed E-state index contributed by atoms with van der Waals surface area (Å²) in [4.78, 5) is 26.8. The van der Waals surface area contributed by atoms with Crippen LogP contribution >= 0.6 is 0 Å². The highest BCUT2D eigenvalue weighted by Gasteiger charge is 2.20. The predicted molar refractivity (Wildman–Crippen MR) is 78.7 cm³/mol. The number of nitrogen functional groups attached to an aromatic ring is 1. The number of carbonyl (C=O) groups excluding carboxylic acids is 2. The molecule has 5 heteroatoms. The van der Waals surface area contributed by atoms with Gasteiger partial charge < -0.3 is 15.5 Å². The third-order valence-electron chi connectivity index (χ3n) is 3.37. The molecule has 0 aromatic heterocycles. The molecule has 1 aliphatic heterocycles. The van der Waals surface area contributed by atoms with Crippen molar-refractivity contribution >= 4 is 23.6 Å². The van der Waals surface area contributed by atoms with Crippen molar-refractivity contribution < 1.29 is 9.59 Å². The number of nitrogens with zero attached hydrogens (tertiary/aromatic N) is 2. The third kappa shape index (κ3) is 3.60. The number of hydrogen-bond donors (Lipinski definition) is 1. The van der Waals surface area contributed by atoms with Crippen LogP contribution in [0.2, 0.25) is 0 Å². The number of piperazine rings is 1. The second-order valence-corrected chi connectivity index (χ2v) is 4.83. The summed E-state index contributed by atoms with van der Waals surface area (Å²) >= 11 is 0. The van der Waals surface area contributed by atoms with Crippen LogP contribution in [0.1, 0.15) is 12.5 Å². The summed E-state index contributed by atoms with van der Waals surface area (Å²) in [5.74, 6) is 0.0306. The molecule has 0 atom stereocenters. The minimum Gasteiger partial charge on any atom is -0.399 e. The van der Waals surface area contributed by atoms with Gasteiger partial charge in [0.25, 0.3) is 0 Å². The normalized spacial score (nSPS) is 15.7. The van der Waals surface area contributed by atoms with E-state index in [-0.39, 0.29) is 11.8 Å². The van der Waals surface area contributed by atoms with Crippen molar-refractivity contribution in [3.63, 3.8) is 0 Å².